The smallest absolute Gasteiger partial charge is 0.337 e. The number of esters is 1. The Bertz CT molecular complexity index is 816. The number of carbonyl (C=O) groups is 3. The summed E-state index contributed by atoms with van der Waals surface area (Å²) in [5.41, 5.74) is 1.32. The van der Waals surface area contributed by atoms with Gasteiger partial charge in [0.2, 0.25) is 5.91 Å². The Labute approximate surface area is 146 Å². The standard InChI is InChI=1S/C15H13N5O4S/c1-24-14(23)8-2-4-9(5-3-8)17-11(21)7-25-15-18-12-10(6-16-20-12)13(22)19-15/h2-6,12H,7H2,1H3,(H,17,21)(H,18,19,22). The highest BCUT2D eigenvalue weighted by Gasteiger charge is 2.29. The molecule has 2 heterocycles. The number of fused-ring (bicyclic) bond motifs is 1. The van der Waals surface area contributed by atoms with E-state index in [1.54, 1.807) is 24.3 Å². The van der Waals surface area contributed by atoms with Crippen LogP contribution in [0.4, 0.5) is 5.69 Å². The lowest BCUT2D eigenvalue weighted by Gasteiger charge is -2.16. The zero-order chi connectivity index (χ0) is 17.8. The molecule has 25 heavy (non-hydrogen) atoms. The van der Waals surface area contributed by atoms with Crippen molar-refractivity contribution in [2.45, 2.75) is 6.17 Å². The number of carbonyl (C=O) groups excluding carboxylic acids is 3. The Kier molecular flexibility index (Phi) is 4.89. The number of hydrogen-bond donors (Lipinski definition) is 2. The number of methoxy groups -OCH3 is 1. The Morgan fingerprint density at radius 3 is 2.80 bits per heavy atom. The molecule has 2 amide bonds. The number of rotatable bonds is 4. The summed E-state index contributed by atoms with van der Waals surface area (Å²) < 4.78 is 4.61. The van der Waals surface area contributed by atoms with E-state index in [0.717, 1.165) is 11.8 Å². The van der Waals surface area contributed by atoms with Crippen LogP contribution in [0, 0.1) is 0 Å². The van der Waals surface area contributed by atoms with Crippen LogP contribution in [0.15, 0.2) is 51.3 Å². The first-order valence-corrected chi connectivity index (χ1v) is 8.15. The van der Waals surface area contributed by atoms with Crippen molar-refractivity contribution in [3.8, 4) is 0 Å². The third-order valence-electron chi connectivity index (χ3n) is 3.30. The molecule has 10 heteroatoms. The van der Waals surface area contributed by atoms with E-state index >= 15 is 0 Å². The average Bonchev–Trinajstić information content (AvgIpc) is 3.09. The molecule has 0 bridgehead atoms. The van der Waals surface area contributed by atoms with E-state index in [2.05, 4.69) is 30.6 Å². The van der Waals surface area contributed by atoms with Crippen LogP contribution >= 0.6 is 11.8 Å². The van der Waals surface area contributed by atoms with E-state index in [4.69, 9.17) is 0 Å². The molecule has 1 aromatic carbocycles. The molecule has 3 rings (SSSR count). The maximum atomic E-state index is 12.0. The molecule has 0 saturated carbocycles. The van der Waals surface area contributed by atoms with Crippen LogP contribution in [-0.2, 0) is 14.3 Å². The van der Waals surface area contributed by atoms with Gasteiger partial charge < -0.3 is 15.4 Å². The van der Waals surface area contributed by atoms with Gasteiger partial charge in [-0.05, 0) is 24.3 Å². The van der Waals surface area contributed by atoms with Crippen molar-refractivity contribution in [2.24, 2.45) is 15.2 Å². The lowest BCUT2D eigenvalue weighted by Crippen LogP contribution is -2.38. The maximum absolute atomic E-state index is 12.0. The molecule has 1 unspecified atom stereocenters. The Hall–Kier alpha value is -3.01. The molecule has 0 saturated heterocycles. The lowest BCUT2D eigenvalue weighted by molar-refractivity contribution is -0.116. The summed E-state index contributed by atoms with van der Waals surface area (Å²) in [5.74, 6) is -0.980. The van der Waals surface area contributed by atoms with Gasteiger partial charge in [0.1, 0.15) is 0 Å². The van der Waals surface area contributed by atoms with Crippen LogP contribution in [0.25, 0.3) is 0 Å². The Balaban J connectivity index is 1.53. The quantitative estimate of drug-likeness (QED) is 0.785. The van der Waals surface area contributed by atoms with Crippen LogP contribution in [0.3, 0.4) is 0 Å². The molecule has 2 aliphatic heterocycles. The van der Waals surface area contributed by atoms with E-state index in [1.165, 1.54) is 13.3 Å². The van der Waals surface area contributed by atoms with Gasteiger partial charge in [-0.1, -0.05) is 11.8 Å². The van der Waals surface area contributed by atoms with Crippen molar-refractivity contribution >= 4 is 40.4 Å². The molecule has 0 aromatic heterocycles. The van der Waals surface area contributed by atoms with Crippen molar-refractivity contribution in [1.29, 1.82) is 0 Å². The molecule has 2 aliphatic rings. The van der Waals surface area contributed by atoms with Crippen LogP contribution in [0.5, 0.6) is 0 Å². The minimum absolute atomic E-state index is 0.0563. The van der Waals surface area contributed by atoms with Crippen molar-refractivity contribution in [3.63, 3.8) is 0 Å². The fourth-order valence-corrected chi connectivity index (χ4v) is 2.76. The number of nitrogens with one attached hydrogen (secondary N) is 2. The van der Waals surface area contributed by atoms with E-state index in [1.807, 2.05) is 0 Å². The normalized spacial score (nSPS) is 18.0. The SMILES string of the molecule is COC(=O)c1ccc(NC(=O)CSC2=NC3N=NC=C3C(=O)N2)cc1. The van der Waals surface area contributed by atoms with E-state index in [9.17, 15) is 14.4 Å². The van der Waals surface area contributed by atoms with Crippen molar-refractivity contribution in [2.75, 3.05) is 18.2 Å². The van der Waals surface area contributed by atoms with Gasteiger partial charge in [0.15, 0.2) is 11.3 Å². The first-order valence-electron chi connectivity index (χ1n) is 7.17. The molecule has 128 valence electrons. The highest BCUT2D eigenvalue weighted by Crippen LogP contribution is 2.22. The summed E-state index contributed by atoms with van der Waals surface area (Å²) in [4.78, 5) is 39.3. The lowest BCUT2D eigenvalue weighted by atomic mass is 10.2. The average molecular weight is 359 g/mol. The topological polar surface area (TPSA) is 122 Å². The van der Waals surface area contributed by atoms with Gasteiger partial charge in [-0.25, -0.2) is 9.79 Å². The summed E-state index contributed by atoms with van der Waals surface area (Å²) >= 11 is 1.09. The second kappa shape index (κ2) is 7.26. The molecule has 1 atom stereocenters. The van der Waals surface area contributed by atoms with Gasteiger partial charge >= 0.3 is 5.97 Å². The van der Waals surface area contributed by atoms with Crippen LogP contribution in [0.2, 0.25) is 0 Å². The monoisotopic (exact) mass is 359 g/mol. The minimum atomic E-state index is -0.620. The van der Waals surface area contributed by atoms with E-state index in [0.29, 0.717) is 22.0 Å². The van der Waals surface area contributed by atoms with Crippen molar-refractivity contribution in [1.82, 2.24) is 5.32 Å². The van der Waals surface area contributed by atoms with Gasteiger partial charge in [0, 0.05) is 5.69 Å². The van der Waals surface area contributed by atoms with Gasteiger partial charge in [-0.3, -0.25) is 9.59 Å². The summed E-state index contributed by atoms with van der Waals surface area (Å²) in [5, 5.41) is 13.1. The molecule has 2 N–H and O–H groups in total. The van der Waals surface area contributed by atoms with Crippen LogP contribution in [-0.4, -0.2) is 42.0 Å². The molecule has 1 aromatic rings. The largest absolute Gasteiger partial charge is 0.465 e. The van der Waals surface area contributed by atoms with E-state index in [-0.39, 0.29) is 17.6 Å². The van der Waals surface area contributed by atoms with Gasteiger partial charge in [-0.2, -0.15) is 10.2 Å². The summed E-state index contributed by atoms with van der Waals surface area (Å²) in [6, 6.07) is 6.31. The number of thioether (sulfide) groups is 1. The number of nitrogens with zero attached hydrogens (tertiary/aromatic N) is 3. The zero-order valence-corrected chi connectivity index (χ0v) is 13.9. The van der Waals surface area contributed by atoms with Crippen molar-refractivity contribution in [3.05, 3.63) is 41.6 Å². The number of anilines is 1. The Morgan fingerprint density at radius 2 is 2.08 bits per heavy atom. The van der Waals surface area contributed by atoms with Gasteiger partial charge in [0.25, 0.3) is 5.91 Å². The number of aliphatic imine (C=N–C) groups is 1. The highest BCUT2D eigenvalue weighted by molar-refractivity contribution is 8.14. The maximum Gasteiger partial charge on any atom is 0.337 e. The number of azo groups is 1. The first-order chi connectivity index (χ1) is 12.1. The third-order valence-corrected chi connectivity index (χ3v) is 4.19. The van der Waals surface area contributed by atoms with Crippen LogP contribution in [0.1, 0.15) is 10.4 Å². The molecule has 0 aliphatic carbocycles. The zero-order valence-electron chi connectivity index (χ0n) is 13.1. The molecular formula is C15H13N5O4S. The predicted molar refractivity (Wildman–Crippen MR) is 91.2 cm³/mol. The van der Waals surface area contributed by atoms with Crippen LogP contribution < -0.4 is 10.6 Å². The fraction of sp³-hybridized carbons (Fsp3) is 0.200. The first kappa shape index (κ1) is 16.8. The Morgan fingerprint density at radius 1 is 1.32 bits per heavy atom. The fourth-order valence-electron chi connectivity index (χ4n) is 2.08. The van der Waals surface area contributed by atoms with Gasteiger partial charge in [-0.15, -0.1) is 0 Å². The summed E-state index contributed by atoms with van der Waals surface area (Å²) in [7, 11) is 1.30. The number of benzene rings is 1. The second-order valence-electron chi connectivity index (χ2n) is 4.98. The third kappa shape index (κ3) is 3.91. The number of ether oxygens (including phenoxy) is 1. The summed E-state index contributed by atoms with van der Waals surface area (Å²) in [6.07, 6.45) is 0.750. The number of amides is 2. The van der Waals surface area contributed by atoms with Gasteiger partial charge in [0.05, 0.1) is 30.2 Å². The summed E-state index contributed by atoms with van der Waals surface area (Å²) in [6.45, 7) is 0. The van der Waals surface area contributed by atoms with E-state index < -0.39 is 12.1 Å². The predicted octanol–water partition coefficient (Wildman–Crippen LogP) is 1.31. The number of amidine groups is 1. The minimum Gasteiger partial charge on any atom is -0.465 e. The molecule has 0 spiro atoms. The van der Waals surface area contributed by atoms with Crippen molar-refractivity contribution < 1.29 is 19.1 Å². The molecule has 0 fully saturated rings. The molecular weight excluding hydrogens is 346 g/mol. The number of hydrogen-bond acceptors (Lipinski definition) is 8. The molecule has 9 nitrogen and oxygen atoms in total. The second-order valence-corrected chi connectivity index (χ2v) is 5.95. The highest BCUT2D eigenvalue weighted by atomic mass is 32.2. The molecule has 0 radical (unpaired) electrons.